The number of hydrogen-bond donors (Lipinski definition) is 1. The normalized spacial score (nSPS) is 10.9. The molecule has 0 amide bonds. The lowest BCUT2D eigenvalue weighted by atomic mass is 10.1. The van der Waals surface area contributed by atoms with Crippen LogP contribution in [0.4, 0.5) is 0 Å². The summed E-state index contributed by atoms with van der Waals surface area (Å²) in [5.74, 6) is 1.56. The Labute approximate surface area is 165 Å². The summed E-state index contributed by atoms with van der Waals surface area (Å²) in [4.78, 5) is 15.7. The molecular weight excluding hydrogens is 378 g/mol. The molecule has 0 radical (unpaired) electrons. The molecule has 0 bridgehead atoms. The van der Waals surface area contributed by atoms with Crippen molar-refractivity contribution in [3.8, 4) is 23.0 Å². The Bertz CT molecular complexity index is 1140. The summed E-state index contributed by atoms with van der Waals surface area (Å²) in [6.45, 7) is 0. The molecule has 4 rings (SSSR count). The number of benzene rings is 2. The fraction of sp³-hybridized carbons (Fsp3) is 0.150. The number of hydrogen-bond acceptors (Lipinski definition) is 7. The Hall–Kier alpha value is -3.26. The summed E-state index contributed by atoms with van der Waals surface area (Å²) in [6, 6.07) is 13.0. The number of H-pyrrole nitrogens is 1. The number of nitrogens with one attached hydrogen (secondary N) is 1. The first-order valence-corrected chi connectivity index (χ1v) is 9.46. The number of para-hydroxylation sites is 1. The number of ether oxygens (including phenoxy) is 2. The smallest absolute Gasteiger partial charge is 0.277 e. The van der Waals surface area contributed by atoms with E-state index in [1.54, 1.807) is 25.3 Å². The highest BCUT2D eigenvalue weighted by molar-refractivity contribution is 7.99. The van der Waals surface area contributed by atoms with Gasteiger partial charge in [-0.15, -0.1) is 10.2 Å². The number of ketones is 1. The van der Waals surface area contributed by atoms with E-state index < -0.39 is 0 Å². The zero-order valence-electron chi connectivity index (χ0n) is 15.3. The van der Waals surface area contributed by atoms with Crippen LogP contribution in [0.1, 0.15) is 10.4 Å². The number of rotatable bonds is 7. The van der Waals surface area contributed by atoms with Crippen LogP contribution in [0.3, 0.4) is 0 Å². The minimum atomic E-state index is -0.101. The molecule has 0 spiro atoms. The van der Waals surface area contributed by atoms with Crippen molar-refractivity contribution in [2.45, 2.75) is 5.22 Å². The monoisotopic (exact) mass is 395 g/mol. The third-order valence-electron chi connectivity index (χ3n) is 4.26. The number of aromatic amines is 1. The third-order valence-corrected chi connectivity index (χ3v) is 5.08. The molecule has 2 heterocycles. The summed E-state index contributed by atoms with van der Waals surface area (Å²) in [6.07, 6.45) is 1.83. The quantitative estimate of drug-likeness (QED) is 0.370. The highest BCUT2D eigenvalue weighted by atomic mass is 32.2. The SMILES string of the molecule is COc1ccc(C(=O)CSc2nnc(-c3c[nH]c4ccccc34)o2)c(OC)c1. The number of carbonyl (C=O) groups excluding carboxylic acids is 1. The molecule has 8 heteroatoms. The number of fused-ring (bicyclic) bond motifs is 1. The molecule has 0 aliphatic heterocycles. The number of aromatic nitrogens is 3. The second kappa shape index (κ2) is 7.77. The van der Waals surface area contributed by atoms with Crippen LogP contribution in [-0.4, -0.2) is 40.9 Å². The maximum Gasteiger partial charge on any atom is 0.277 e. The van der Waals surface area contributed by atoms with E-state index in [1.807, 2.05) is 30.5 Å². The van der Waals surface area contributed by atoms with Crippen molar-refractivity contribution >= 4 is 28.4 Å². The first-order valence-electron chi connectivity index (χ1n) is 8.47. The van der Waals surface area contributed by atoms with Gasteiger partial charge in [-0.25, -0.2) is 0 Å². The average Bonchev–Trinajstić information content (AvgIpc) is 3.38. The van der Waals surface area contributed by atoms with Crippen LogP contribution >= 0.6 is 11.8 Å². The van der Waals surface area contributed by atoms with E-state index in [0.29, 0.717) is 28.2 Å². The number of nitrogens with zero attached hydrogens (tertiary/aromatic N) is 2. The molecule has 142 valence electrons. The maximum atomic E-state index is 12.6. The molecule has 2 aromatic carbocycles. The van der Waals surface area contributed by atoms with Gasteiger partial charge in [0.2, 0.25) is 0 Å². The van der Waals surface area contributed by atoms with Crippen molar-refractivity contribution in [2.24, 2.45) is 0 Å². The molecular formula is C20H17N3O4S. The topological polar surface area (TPSA) is 90.2 Å². The third kappa shape index (κ3) is 3.46. The van der Waals surface area contributed by atoms with Crippen molar-refractivity contribution in [1.29, 1.82) is 0 Å². The first kappa shape index (κ1) is 18.1. The Morgan fingerprint density at radius 2 is 2.00 bits per heavy atom. The van der Waals surface area contributed by atoms with Gasteiger partial charge < -0.3 is 18.9 Å². The highest BCUT2D eigenvalue weighted by Crippen LogP contribution is 2.30. The average molecular weight is 395 g/mol. The van der Waals surface area contributed by atoms with Crippen molar-refractivity contribution in [2.75, 3.05) is 20.0 Å². The zero-order chi connectivity index (χ0) is 19.5. The van der Waals surface area contributed by atoms with Gasteiger partial charge in [-0.3, -0.25) is 4.79 Å². The Balaban J connectivity index is 1.48. The molecule has 0 aliphatic rings. The van der Waals surface area contributed by atoms with Gasteiger partial charge in [0, 0.05) is 23.2 Å². The maximum absolute atomic E-state index is 12.6. The summed E-state index contributed by atoms with van der Waals surface area (Å²) in [5.41, 5.74) is 2.30. The van der Waals surface area contributed by atoms with Crippen molar-refractivity contribution in [3.05, 3.63) is 54.2 Å². The molecule has 2 aromatic heterocycles. The van der Waals surface area contributed by atoms with E-state index in [1.165, 1.54) is 18.9 Å². The largest absolute Gasteiger partial charge is 0.497 e. The van der Waals surface area contributed by atoms with Crippen molar-refractivity contribution in [3.63, 3.8) is 0 Å². The zero-order valence-corrected chi connectivity index (χ0v) is 16.1. The molecule has 0 saturated heterocycles. The molecule has 28 heavy (non-hydrogen) atoms. The van der Waals surface area contributed by atoms with Gasteiger partial charge in [-0.05, 0) is 18.2 Å². The van der Waals surface area contributed by atoms with Crippen LogP contribution in [0.25, 0.3) is 22.4 Å². The van der Waals surface area contributed by atoms with E-state index in [9.17, 15) is 4.79 Å². The minimum Gasteiger partial charge on any atom is -0.497 e. The summed E-state index contributed by atoms with van der Waals surface area (Å²) >= 11 is 1.19. The van der Waals surface area contributed by atoms with Gasteiger partial charge in [0.1, 0.15) is 11.5 Å². The summed E-state index contributed by atoms with van der Waals surface area (Å²) in [5, 5.41) is 9.49. The molecule has 0 unspecified atom stereocenters. The van der Waals surface area contributed by atoms with Crippen molar-refractivity contribution < 1.29 is 18.7 Å². The fourth-order valence-corrected chi connectivity index (χ4v) is 3.51. The standard InChI is InChI=1S/C20H17N3O4S/c1-25-12-7-8-14(18(9-12)26-2)17(24)11-28-20-23-22-19(27-20)15-10-21-16-6-4-3-5-13(15)16/h3-10,21H,11H2,1-2H3. The molecule has 0 fully saturated rings. The van der Waals surface area contributed by atoms with Crippen LogP contribution in [0.15, 0.2) is 58.3 Å². The second-order valence-corrected chi connectivity index (χ2v) is 6.83. The van der Waals surface area contributed by atoms with E-state index in [2.05, 4.69) is 15.2 Å². The molecule has 0 aliphatic carbocycles. The fourth-order valence-electron chi connectivity index (χ4n) is 2.86. The highest BCUT2D eigenvalue weighted by Gasteiger charge is 2.17. The molecule has 0 atom stereocenters. The van der Waals surface area contributed by atoms with Crippen LogP contribution < -0.4 is 9.47 Å². The summed E-state index contributed by atoms with van der Waals surface area (Å²) < 4.78 is 16.2. The number of Topliss-reactive ketones (excluding diaryl/α,β-unsaturated/α-hetero) is 1. The Kier molecular flexibility index (Phi) is 5.03. The van der Waals surface area contributed by atoms with Crippen molar-refractivity contribution in [1.82, 2.24) is 15.2 Å². The van der Waals surface area contributed by atoms with Crippen LogP contribution in [0, 0.1) is 0 Å². The van der Waals surface area contributed by atoms with Gasteiger partial charge >= 0.3 is 0 Å². The van der Waals surface area contributed by atoms with E-state index >= 15 is 0 Å². The minimum absolute atomic E-state index is 0.101. The lowest BCUT2D eigenvalue weighted by Crippen LogP contribution is -2.05. The molecule has 0 saturated carbocycles. The number of thioether (sulfide) groups is 1. The second-order valence-electron chi connectivity index (χ2n) is 5.90. The van der Waals surface area contributed by atoms with Gasteiger partial charge in [0.15, 0.2) is 5.78 Å². The van der Waals surface area contributed by atoms with Crippen LogP contribution in [0.5, 0.6) is 11.5 Å². The van der Waals surface area contributed by atoms with Gasteiger partial charge in [-0.2, -0.15) is 0 Å². The molecule has 7 nitrogen and oxygen atoms in total. The molecule has 1 N–H and O–H groups in total. The van der Waals surface area contributed by atoms with E-state index in [-0.39, 0.29) is 11.5 Å². The lowest BCUT2D eigenvalue weighted by molar-refractivity contribution is 0.101. The van der Waals surface area contributed by atoms with Gasteiger partial charge in [0.25, 0.3) is 11.1 Å². The van der Waals surface area contributed by atoms with Crippen LogP contribution in [0.2, 0.25) is 0 Å². The lowest BCUT2D eigenvalue weighted by Gasteiger charge is -2.08. The Morgan fingerprint density at radius 1 is 1.14 bits per heavy atom. The van der Waals surface area contributed by atoms with E-state index in [4.69, 9.17) is 13.9 Å². The predicted octanol–water partition coefficient (Wildman–Crippen LogP) is 4.21. The summed E-state index contributed by atoms with van der Waals surface area (Å²) in [7, 11) is 3.08. The van der Waals surface area contributed by atoms with Gasteiger partial charge in [0.05, 0.1) is 31.1 Å². The predicted molar refractivity (Wildman–Crippen MR) is 106 cm³/mol. The van der Waals surface area contributed by atoms with Gasteiger partial charge in [-0.1, -0.05) is 30.0 Å². The number of carbonyl (C=O) groups is 1. The Morgan fingerprint density at radius 3 is 2.82 bits per heavy atom. The number of methoxy groups -OCH3 is 2. The molecule has 4 aromatic rings. The first-order chi connectivity index (χ1) is 13.7. The van der Waals surface area contributed by atoms with Crippen LogP contribution in [-0.2, 0) is 0 Å². The van der Waals surface area contributed by atoms with E-state index in [0.717, 1.165) is 16.5 Å².